The maximum absolute atomic E-state index is 13.0. The average molecular weight is 386 g/mol. The molecule has 2 aromatic heterocycles. The summed E-state index contributed by atoms with van der Waals surface area (Å²) < 4.78 is 6.68. The van der Waals surface area contributed by atoms with E-state index < -0.39 is 0 Å². The second-order valence-electron chi connectivity index (χ2n) is 7.07. The van der Waals surface area contributed by atoms with E-state index in [-0.39, 0.29) is 5.91 Å². The second kappa shape index (κ2) is 8.14. The maximum atomic E-state index is 13.0. The van der Waals surface area contributed by atoms with E-state index in [1.807, 2.05) is 18.2 Å². The van der Waals surface area contributed by atoms with Crippen LogP contribution in [0.4, 0.5) is 5.95 Å². The fourth-order valence-corrected chi connectivity index (χ4v) is 2.98. The van der Waals surface area contributed by atoms with E-state index in [1.165, 1.54) is 10.2 Å². The Labute approximate surface area is 169 Å². The Balaban J connectivity index is 1.61. The van der Waals surface area contributed by atoms with Crippen LogP contribution in [-0.2, 0) is 6.54 Å². The van der Waals surface area contributed by atoms with Gasteiger partial charge in [0, 0.05) is 12.1 Å². The van der Waals surface area contributed by atoms with Gasteiger partial charge in [0.05, 0.1) is 6.26 Å². The molecule has 6 nitrogen and oxygen atoms in total. The van der Waals surface area contributed by atoms with Gasteiger partial charge >= 0.3 is 0 Å². The van der Waals surface area contributed by atoms with Gasteiger partial charge in [0.2, 0.25) is 11.8 Å². The molecule has 1 N–H and O–H groups in total. The third-order valence-electron chi connectivity index (χ3n) is 4.66. The number of hydrogen-bond donors (Lipinski definition) is 1. The fourth-order valence-electron chi connectivity index (χ4n) is 2.98. The molecule has 0 saturated carbocycles. The van der Waals surface area contributed by atoms with Crippen LogP contribution in [0.1, 0.15) is 41.3 Å². The lowest BCUT2D eigenvalue weighted by Crippen LogP contribution is -2.17. The van der Waals surface area contributed by atoms with Gasteiger partial charge < -0.3 is 9.73 Å². The quantitative estimate of drug-likeness (QED) is 0.507. The number of nitrogens with one attached hydrogen (secondary N) is 1. The van der Waals surface area contributed by atoms with Gasteiger partial charge in [-0.1, -0.05) is 56.3 Å². The van der Waals surface area contributed by atoms with Crippen molar-refractivity contribution in [2.45, 2.75) is 26.3 Å². The van der Waals surface area contributed by atoms with E-state index in [0.717, 1.165) is 5.56 Å². The number of carbonyl (C=O) groups excluding carboxylic acids is 1. The lowest BCUT2D eigenvalue weighted by atomic mass is 10.0. The van der Waals surface area contributed by atoms with Crippen molar-refractivity contribution in [1.82, 2.24) is 14.8 Å². The molecular formula is C23H22N4O2. The number of anilines is 1. The van der Waals surface area contributed by atoms with E-state index in [1.54, 1.807) is 30.5 Å². The molecule has 0 radical (unpaired) electrons. The van der Waals surface area contributed by atoms with Crippen LogP contribution in [0.3, 0.4) is 0 Å². The number of benzene rings is 2. The molecule has 4 rings (SSSR count). The highest BCUT2D eigenvalue weighted by atomic mass is 16.3. The predicted molar refractivity (Wildman–Crippen MR) is 112 cm³/mol. The van der Waals surface area contributed by atoms with Gasteiger partial charge in [0.25, 0.3) is 5.91 Å². The molecule has 6 heteroatoms. The smallest absolute Gasteiger partial charge is 0.281 e. The summed E-state index contributed by atoms with van der Waals surface area (Å²) in [5, 5.41) is 7.62. The lowest BCUT2D eigenvalue weighted by molar-refractivity contribution is 0.0947. The average Bonchev–Trinajstić information content (AvgIpc) is 3.42. The molecule has 0 fully saturated rings. The van der Waals surface area contributed by atoms with Crippen LogP contribution in [0.2, 0.25) is 0 Å². The minimum Gasteiger partial charge on any atom is -0.461 e. The van der Waals surface area contributed by atoms with Crippen molar-refractivity contribution in [3.05, 3.63) is 89.7 Å². The molecule has 4 aromatic rings. The van der Waals surface area contributed by atoms with Crippen LogP contribution >= 0.6 is 0 Å². The van der Waals surface area contributed by atoms with Crippen molar-refractivity contribution in [1.29, 1.82) is 0 Å². The van der Waals surface area contributed by atoms with Gasteiger partial charge in [-0.25, -0.2) is 0 Å². The third kappa shape index (κ3) is 4.11. The van der Waals surface area contributed by atoms with Crippen LogP contribution in [0, 0.1) is 0 Å². The zero-order valence-electron chi connectivity index (χ0n) is 16.4. The minimum absolute atomic E-state index is 0.256. The molecular weight excluding hydrogens is 364 g/mol. The highest BCUT2D eigenvalue weighted by molar-refractivity contribution is 5.97. The first-order chi connectivity index (χ1) is 14.1. The summed E-state index contributed by atoms with van der Waals surface area (Å²) in [6.07, 6.45) is 1.55. The summed E-state index contributed by atoms with van der Waals surface area (Å²) in [4.78, 5) is 17.5. The normalized spacial score (nSPS) is 11.0. The Morgan fingerprint density at radius 2 is 1.79 bits per heavy atom. The van der Waals surface area contributed by atoms with Gasteiger partial charge in [-0.2, -0.15) is 9.67 Å². The molecule has 0 aliphatic heterocycles. The highest BCUT2D eigenvalue weighted by Gasteiger charge is 2.19. The molecule has 0 saturated heterocycles. The van der Waals surface area contributed by atoms with Crippen molar-refractivity contribution in [3.8, 4) is 11.6 Å². The number of nitrogens with zero attached hydrogens (tertiary/aromatic N) is 3. The first kappa shape index (κ1) is 18.7. The number of rotatable bonds is 6. The number of carbonyl (C=O) groups is 1. The molecule has 0 spiro atoms. The SMILES string of the molecule is CC(C)c1ccc(CNc2nc(-c3ccco3)nn2C(=O)c2ccccc2)cc1. The Kier molecular flexibility index (Phi) is 5.24. The van der Waals surface area contributed by atoms with E-state index in [4.69, 9.17) is 4.42 Å². The standard InChI is InChI=1S/C23H22N4O2/c1-16(2)18-12-10-17(11-13-18)15-24-23-25-21(20-9-6-14-29-20)26-27(23)22(28)19-7-4-3-5-8-19/h3-14,16H,15H2,1-2H3,(H,24,25,26). The van der Waals surface area contributed by atoms with Crippen LogP contribution < -0.4 is 5.32 Å². The molecule has 0 bridgehead atoms. The van der Waals surface area contributed by atoms with Crippen molar-refractivity contribution in [2.24, 2.45) is 0 Å². The fraction of sp³-hybridized carbons (Fsp3) is 0.174. The maximum Gasteiger partial charge on any atom is 0.281 e. The van der Waals surface area contributed by atoms with Gasteiger partial charge in [-0.05, 0) is 41.3 Å². The van der Waals surface area contributed by atoms with E-state index in [2.05, 4.69) is 53.5 Å². The molecule has 0 aliphatic rings. The zero-order valence-corrected chi connectivity index (χ0v) is 16.4. The number of furan rings is 1. The number of aromatic nitrogens is 3. The van der Waals surface area contributed by atoms with Crippen LogP contribution in [0.25, 0.3) is 11.6 Å². The van der Waals surface area contributed by atoms with Crippen molar-refractivity contribution >= 4 is 11.9 Å². The lowest BCUT2D eigenvalue weighted by Gasteiger charge is -2.09. The minimum atomic E-state index is -0.256. The Bertz CT molecular complexity index is 1080. The predicted octanol–water partition coefficient (Wildman–Crippen LogP) is 4.96. The summed E-state index contributed by atoms with van der Waals surface area (Å²) in [6.45, 7) is 4.86. The molecule has 0 aliphatic carbocycles. The molecule has 146 valence electrons. The topological polar surface area (TPSA) is 73.0 Å². The molecule has 29 heavy (non-hydrogen) atoms. The van der Waals surface area contributed by atoms with Gasteiger partial charge in [-0.15, -0.1) is 5.10 Å². The second-order valence-corrected chi connectivity index (χ2v) is 7.07. The van der Waals surface area contributed by atoms with Crippen molar-refractivity contribution in [2.75, 3.05) is 5.32 Å². The summed E-state index contributed by atoms with van der Waals surface area (Å²) in [6, 6.07) is 20.9. The first-order valence-corrected chi connectivity index (χ1v) is 9.55. The molecule has 0 amide bonds. The molecule has 2 aromatic carbocycles. The molecule has 2 heterocycles. The Morgan fingerprint density at radius 3 is 2.45 bits per heavy atom. The van der Waals surface area contributed by atoms with Crippen molar-refractivity contribution in [3.63, 3.8) is 0 Å². The monoisotopic (exact) mass is 386 g/mol. The van der Waals surface area contributed by atoms with Crippen LogP contribution in [-0.4, -0.2) is 20.7 Å². The third-order valence-corrected chi connectivity index (χ3v) is 4.66. The zero-order chi connectivity index (χ0) is 20.2. The van der Waals surface area contributed by atoms with Gasteiger partial charge in [-0.3, -0.25) is 4.79 Å². The van der Waals surface area contributed by atoms with Gasteiger partial charge in [0.1, 0.15) is 0 Å². The van der Waals surface area contributed by atoms with E-state index in [0.29, 0.717) is 35.6 Å². The summed E-state index contributed by atoms with van der Waals surface area (Å²) >= 11 is 0. The summed E-state index contributed by atoms with van der Waals surface area (Å²) in [7, 11) is 0. The molecule has 0 unspecified atom stereocenters. The Morgan fingerprint density at radius 1 is 1.03 bits per heavy atom. The molecule has 0 atom stereocenters. The number of hydrogen-bond acceptors (Lipinski definition) is 5. The van der Waals surface area contributed by atoms with E-state index in [9.17, 15) is 4.79 Å². The van der Waals surface area contributed by atoms with Crippen LogP contribution in [0.5, 0.6) is 0 Å². The Hall–Kier alpha value is -3.67. The van der Waals surface area contributed by atoms with E-state index >= 15 is 0 Å². The summed E-state index contributed by atoms with van der Waals surface area (Å²) in [5.74, 6) is 1.47. The first-order valence-electron chi connectivity index (χ1n) is 9.55. The van der Waals surface area contributed by atoms with Crippen molar-refractivity contribution < 1.29 is 9.21 Å². The summed E-state index contributed by atoms with van der Waals surface area (Å²) in [5.41, 5.74) is 2.92. The van der Waals surface area contributed by atoms with Crippen LogP contribution in [0.15, 0.2) is 77.4 Å². The largest absolute Gasteiger partial charge is 0.461 e. The van der Waals surface area contributed by atoms with Gasteiger partial charge in [0.15, 0.2) is 5.76 Å². The highest BCUT2D eigenvalue weighted by Crippen LogP contribution is 2.20.